The van der Waals surface area contributed by atoms with Crippen molar-refractivity contribution in [1.29, 1.82) is 0 Å². The molecule has 4 heteroatoms. The van der Waals surface area contributed by atoms with Crippen molar-refractivity contribution in [2.45, 2.75) is 46.5 Å². The Bertz CT molecular complexity index is 443. The highest BCUT2D eigenvalue weighted by Crippen LogP contribution is 2.36. The molecule has 21 heavy (non-hydrogen) atoms. The summed E-state index contributed by atoms with van der Waals surface area (Å²) in [5.74, 6) is -1.04. The molecular weight excluding hydrogens is 268 g/mol. The lowest BCUT2D eigenvalue weighted by Gasteiger charge is -2.26. The van der Waals surface area contributed by atoms with Crippen LogP contribution in [0.5, 0.6) is 0 Å². The molecule has 0 aromatic rings. The van der Waals surface area contributed by atoms with E-state index >= 15 is 0 Å². The van der Waals surface area contributed by atoms with Crippen LogP contribution in [-0.4, -0.2) is 25.2 Å². The van der Waals surface area contributed by atoms with Crippen LogP contribution in [0.2, 0.25) is 0 Å². The summed E-state index contributed by atoms with van der Waals surface area (Å²) in [6, 6.07) is 0. The molecule has 0 N–H and O–H groups in total. The van der Waals surface area contributed by atoms with Gasteiger partial charge < -0.3 is 9.47 Å². The van der Waals surface area contributed by atoms with Crippen LogP contribution in [0.15, 0.2) is 29.5 Å². The average Bonchev–Trinajstić information content (AvgIpc) is 3.27. The Morgan fingerprint density at radius 1 is 1.14 bits per heavy atom. The fraction of sp³-hybridized carbons (Fsp3) is 0.588. The van der Waals surface area contributed by atoms with Gasteiger partial charge in [-0.05, 0) is 58.6 Å². The summed E-state index contributed by atoms with van der Waals surface area (Å²) in [7, 11) is 0. The molecule has 1 saturated carbocycles. The highest BCUT2D eigenvalue weighted by Gasteiger charge is 2.47. The van der Waals surface area contributed by atoms with Gasteiger partial charge in [-0.2, -0.15) is 0 Å². The van der Waals surface area contributed by atoms with Gasteiger partial charge in [0.05, 0.1) is 13.2 Å². The molecular formula is C17H24O4. The second-order valence-electron chi connectivity index (χ2n) is 4.95. The first-order valence-electron chi connectivity index (χ1n) is 7.48. The van der Waals surface area contributed by atoms with Crippen molar-refractivity contribution >= 4 is 11.9 Å². The second-order valence-corrected chi connectivity index (χ2v) is 4.95. The first-order valence-corrected chi connectivity index (χ1v) is 7.48. The summed E-state index contributed by atoms with van der Waals surface area (Å²) < 4.78 is 10.3. The Labute approximate surface area is 126 Å². The molecule has 0 heterocycles. The van der Waals surface area contributed by atoms with E-state index < -0.39 is 17.4 Å². The van der Waals surface area contributed by atoms with Gasteiger partial charge in [0.1, 0.15) is 0 Å². The third-order valence-corrected chi connectivity index (χ3v) is 3.35. The van der Waals surface area contributed by atoms with Gasteiger partial charge in [-0.3, -0.25) is 9.59 Å². The van der Waals surface area contributed by atoms with E-state index in [9.17, 15) is 9.59 Å². The number of allylic oxidation sites excluding steroid dienone is 3. The molecule has 0 saturated heterocycles. The summed E-state index contributed by atoms with van der Waals surface area (Å²) >= 11 is 0. The Balaban J connectivity index is 3.08. The maximum Gasteiger partial charge on any atom is 0.324 e. The quantitative estimate of drug-likeness (QED) is 0.298. The minimum absolute atomic E-state index is 0.235. The molecule has 0 aromatic carbocycles. The number of esters is 2. The molecule has 1 rings (SSSR count). The lowest BCUT2D eigenvalue weighted by molar-refractivity contribution is -0.171. The van der Waals surface area contributed by atoms with E-state index in [1.807, 2.05) is 13.0 Å². The smallest absolute Gasteiger partial charge is 0.324 e. The summed E-state index contributed by atoms with van der Waals surface area (Å²) in [6.45, 7) is 5.77. The number of ether oxygens (including phenoxy) is 2. The third-order valence-electron chi connectivity index (χ3n) is 3.35. The van der Waals surface area contributed by atoms with Crippen molar-refractivity contribution in [1.82, 2.24) is 0 Å². The van der Waals surface area contributed by atoms with Crippen LogP contribution in [0.4, 0.5) is 0 Å². The van der Waals surface area contributed by atoms with Gasteiger partial charge in [0, 0.05) is 0 Å². The van der Waals surface area contributed by atoms with E-state index in [2.05, 4.69) is 5.73 Å². The summed E-state index contributed by atoms with van der Waals surface area (Å²) in [4.78, 5) is 24.8. The van der Waals surface area contributed by atoms with Crippen molar-refractivity contribution in [3.8, 4) is 0 Å². The van der Waals surface area contributed by atoms with Crippen LogP contribution in [-0.2, 0) is 19.1 Å². The number of carbonyl (C=O) groups excluding carboxylic acids is 2. The predicted molar refractivity (Wildman–Crippen MR) is 80.6 cm³/mol. The van der Waals surface area contributed by atoms with E-state index in [-0.39, 0.29) is 19.6 Å². The molecule has 0 atom stereocenters. The zero-order chi connectivity index (χ0) is 15.7. The molecule has 0 unspecified atom stereocenters. The van der Waals surface area contributed by atoms with Crippen LogP contribution >= 0.6 is 0 Å². The van der Waals surface area contributed by atoms with Crippen molar-refractivity contribution in [3.63, 3.8) is 0 Å². The normalized spacial score (nSPS) is 13.0. The minimum Gasteiger partial charge on any atom is -0.465 e. The van der Waals surface area contributed by atoms with Gasteiger partial charge in [0.25, 0.3) is 0 Å². The van der Waals surface area contributed by atoms with Gasteiger partial charge in [-0.25, -0.2) is 0 Å². The molecule has 0 aliphatic heterocycles. The summed E-state index contributed by atoms with van der Waals surface area (Å²) in [5.41, 5.74) is 2.90. The maximum atomic E-state index is 12.4. The number of hydrogen-bond donors (Lipinski definition) is 0. The Morgan fingerprint density at radius 2 is 1.71 bits per heavy atom. The number of carbonyl (C=O) groups is 2. The highest BCUT2D eigenvalue weighted by molar-refractivity contribution is 6.00. The first-order chi connectivity index (χ1) is 10.1. The molecule has 0 aromatic heterocycles. The zero-order valence-electron chi connectivity index (χ0n) is 13.1. The third kappa shape index (κ3) is 4.91. The van der Waals surface area contributed by atoms with Gasteiger partial charge in [0.15, 0.2) is 5.41 Å². The lowest BCUT2D eigenvalue weighted by atomic mass is 9.80. The van der Waals surface area contributed by atoms with Crippen molar-refractivity contribution in [3.05, 3.63) is 29.5 Å². The van der Waals surface area contributed by atoms with Crippen LogP contribution in [0.25, 0.3) is 0 Å². The monoisotopic (exact) mass is 292 g/mol. The maximum absolute atomic E-state index is 12.4. The van der Waals surface area contributed by atoms with E-state index in [4.69, 9.17) is 9.47 Å². The van der Waals surface area contributed by atoms with Gasteiger partial charge >= 0.3 is 11.9 Å². The fourth-order valence-electron chi connectivity index (χ4n) is 1.98. The molecule has 0 bridgehead atoms. The molecule has 4 nitrogen and oxygen atoms in total. The summed E-state index contributed by atoms with van der Waals surface area (Å²) in [6.07, 6.45) is 8.05. The molecule has 0 spiro atoms. The average molecular weight is 292 g/mol. The van der Waals surface area contributed by atoms with E-state index in [0.29, 0.717) is 6.42 Å². The topological polar surface area (TPSA) is 52.6 Å². The van der Waals surface area contributed by atoms with Crippen molar-refractivity contribution < 1.29 is 19.1 Å². The van der Waals surface area contributed by atoms with Crippen LogP contribution in [0, 0.1) is 5.41 Å². The largest absolute Gasteiger partial charge is 0.465 e. The van der Waals surface area contributed by atoms with Crippen LogP contribution < -0.4 is 0 Å². The second kappa shape index (κ2) is 8.48. The van der Waals surface area contributed by atoms with Crippen LogP contribution in [0.3, 0.4) is 0 Å². The zero-order valence-corrected chi connectivity index (χ0v) is 13.1. The van der Waals surface area contributed by atoms with Crippen molar-refractivity contribution in [2.75, 3.05) is 13.2 Å². The lowest BCUT2D eigenvalue weighted by Crippen LogP contribution is -2.41. The van der Waals surface area contributed by atoms with E-state index in [0.717, 1.165) is 12.8 Å². The number of rotatable bonds is 8. The minimum atomic E-state index is -1.29. The van der Waals surface area contributed by atoms with E-state index in [1.165, 1.54) is 5.57 Å². The van der Waals surface area contributed by atoms with Crippen LogP contribution in [0.1, 0.15) is 46.5 Å². The standard InChI is InChI=1S/C17H24O4/c1-4-7-8-12-17(15(18)20-5-2,16(19)21-6-3)13-11-14-9-10-14/h4,8,11H,5-6,9-10,12-13H2,1-3H3. The Morgan fingerprint density at radius 3 is 2.14 bits per heavy atom. The van der Waals surface area contributed by atoms with Gasteiger partial charge in [0.2, 0.25) is 0 Å². The number of hydrogen-bond acceptors (Lipinski definition) is 4. The van der Waals surface area contributed by atoms with Gasteiger partial charge in [-0.15, -0.1) is 5.73 Å². The summed E-state index contributed by atoms with van der Waals surface area (Å²) in [5, 5.41) is 0. The molecule has 1 fully saturated rings. The fourth-order valence-corrected chi connectivity index (χ4v) is 1.98. The highest BCUT2D eigenvalue weighted by atomic mass is 16.6. The molecule has 116 valence electrons. The Hall–Kier alpha value is -1.80. The molecule has 0 amide bonds. The Kier molecular flexibility index (Phi) is 6.97. The van der Waals surface area contributed by atoms with Gasteiger partial charge in [-0.1, -0.05) is 11.6 Å². The first kappa shape index (κ1) is 17.3. The molecule has 0 radical (unpaired) electrons. The SMILES string of the molecule is CC=C=CCC(CC=C1CC1)(C(=O)OCC)C(=O)OCC. The predicted octanol–water partition coefficient (Wildman–Crippen LogP) is 3.33. The molecule has 1 aliphatic rings. The van der Waals surface area contributed by atoms with E-state index in [1.54, 1.807) is 26.0 Å². The molecule has 1 aliphatic carbocycles. The van der Waals surface area contributed by atoms with Crippen molar-refractivity contribution in [2.24, 2.45) is 5.41 Å².